The van der Waals surface area contributed by atoms with Crippen molar-refractivity contribution >= 4 is 28.2 Å². The second kappa shape index (κ2) is 7.86. The van der Waals surface area contributed by atoms with Crippen LogP contribution in [-0.2, 0) is 11.3 Å². The molecule has 7 nitrogen and oxygen atoms in total. The largest absolute Gasteiger partial charge is 0.357 e. The van der Waals surface area contributed by atoms with Crippen molar-refractivity contribution in [3.8, 4) is 0 Å². The number of fused-ring (bicyclic) bond motifs is 1. The van der Waals surface area contributed by atoms with Crippen LogP contribution in [0.15, 0.2) is 22.8 Å². The highest BCUT2D eigenvalue weighted by molar-refractivity contribution is 7.15. The standard InChI is InChI=1S/C17H26N6OS/c1-4-18-16(19-9-14-11-23-7-8-25-17(23)21-14)20-13-5-6-22(10-13)15(24)12(2)3/h7-8,11-13H,4-6,9-10H2,1-3H3,(H2,18,19,20). The van der Waals surface area contributed by atoms with Crippen LogP contribution in [0.25, 0.3) is 4.96 Å². The number of guanidine groups is 1. The van der Waals surface area contributed by atoms with Crippen molar-refractivity contribution in [1.29, 1.82) is 0 Å². The quantitative estimate of drug-likeness (QED) is 0.627. The molecule has 0 spiro atoms. The first-order valence-corrected chi connectivity index (χ1v) is 9.69. The van der Waals surface area contributed by atoms with Crippen LogP contribution < -0.4 is 10.6 Å². The normalized spacial score (nSPS) is 18.3. The topological polar surface area (TPSA) is 74.0 Å². The van der Waals surface area contributed by atoms with Gasteiger partial charge in [-0.25, -0.2) is 9.98 Å². The minimum absolute atomic E-state index is 0.0513. The molecule has 3 rings (SSSR count). The first kappa shape index (κ1) is 17.7. The Morgan fingerprint density at radius 3 is 3.08 bits per heavy atom. The Morgan fingerprint density at radius 1 is 1.52 bits per heavy atom. The van der Waals surface area contributed by atoms with Gasteiger partial charge >= 0.3 is 0 Å². The van der Waals surface area contributed by atoms with E-state index in [4.69, 9.17) is 0 Å². The van der Waals surface area contributed by atoms with Crippen LogP contribution >= 0.6 is 11.3 Å². The van der Waals surface area contributed by atoms with E-state index in [1.807, 2.05) is 47.8 Å². The SMILES string of the molecule is CCNC(=NCc1cn2ccsc2n1)NC1CCN(C(=O)C(C)C)C1. The van der Waals surface area contributed by atoms with Gasteiger partial charge in [0, 0.05) is 49.4 Å². The Bertz CT molecular complexity index is 721. The number of carbonyl (C=O) groups is 1. The molecule has 1 fully saturated rings. The van der Waals surface area contributed by atoms with Gasteiger partial charge in [-0.3, -0.25) is 9.20 Å². The first-order chi connectivity index (χ1) is 12.1. The summed E-state index contributed by atoms with van der Waals surface area (Å²) in [6.07, 6.45) is 4.96. The third-order valence-electron chi connectivity index (χ3n) is 4.22. The predicted molar refractivity (Wildman–Crippen MR) is 101 cm³/mol. The zero-order chi connectivity index (χ0) is 17.8. The number of amides is 1. The van der Waals surface area contributed by atoms with E-state index in [9.17, 15) is 4.79 Å². The number of rotatable bonds is 5. The number of aliphatic imine (C=N–C) groups is 1. The maximum absolute atomic E-state index is 12.1. The average Bonchev–Trinajstić information content (AvgIpc) is 3.27. The summed E-state index contributed by atoms with van der Waals surface area (Å²) in [6.45, 7) is 8.82. The number of aromatic nitrogens is 2. The van der Waals surface area contributed by atoms with E-state index in [0.29, 0.717) is 6.54 Å². The van der Waals surface area contributed by atoms with Gasteiger partial charge in [0.05, 0.1) is 12.2 Å². The number of likely N-dealkylation sites (tertiary alicyclic amines) is 1. The Balaban J connectivity index is 1.59. The van der Waals surface area contributed by atoms with Gasteiger partial charge < -0.3 is 15.5 Å². The second-order valence-electron chi connectivity index (χ2n) is 6.59. The molecule has 1 unspecified atom stereocenters. The molecule has 3 heterocycles. The summed E-state index contributed by atoms with van der Waals surface area (Å²) < 4.78 is 2.02. The lowest BCUT2D eigenvalue weighted by molar-refractivity contribution is -0.133. The fraction of sp³-hybridized carbons (Fsp3) is 0.588. The minimum atomic E-state index is 0.0513. The Kier molecular flexibility index (Phi) is 5.57. The number of hydrogen-bond donors (Lipinski definition) is 2. The monoisotopic (exact) mass is 362 g/mol. The van der Waals surface area contributed by atoms with Gasteiger partial charge in [0.25, 0.3) is 0 Å². The summed E-state index contributed by atoms with van der Waals surface area (Å²) in [5.74, 6) is 1.06. The summed E-state index contributed by atoms with van der Waals surface area (Å²) in [5, 5.41) is 8.75. The van der Waals surface area contributed by atoms with E-state index in [1.54, 1.807) is 11.3 Å². The lowest BCUT2D eigenvalue weighted by Crippen LogP contribution is -2.45. The molecule has 0 radical (unpaired) electrons. The van der Waals surface area contributed by atoms with Crippen LogP contribution in [0.3, 0.4) is 0 Å². The molecule has 136 valence electrons. The van der Waals surface area contributed by atoms with E-state index >= 15 is 0 Å². The van der Waals surface area contributed by atoms with Gasteiger partial charge in [-0.15, -0.1) is 11.3 Å². The van der Waals surface area contributed by atoms with Crippen LogP contribution in [-0.4, -0.2) is 51.8 Å². The van der Waals surface area contributed by atoms with Crippen LogP contribution in [0.5, 0.6) is 0 Å². The highest BCUT2D eigenvalue weighted by Gasteiger charge is 2.27. The average molecular weight is 363 g/mol. The third-order valence-corrected chi connectivity index (χ3v) is 4.99. The molecule has 25 heavy (non-hydrogen) atoms. The highest BCUT2D eigenvalue weighted by Crippen LogP contribution is 2.13. The molecule has 2 aromatic rings. The van der Waals surface area contributed by atoms with Crippen LogP contribution in [0, 0.1) is 5.92 Å². The number of nitrogens with one attached hydrogen (secondary N) is 2. The van der Waals surface area contributed by atoms with Gasteiger partial charge in [-0.1, -0.05) is 13.8 Å². The maximum Gasteiger partial charge on any atom is 0.225 e. The van der Waals surface area contributed by atoms with Crippen molar-refractivity contribution in [2.24, 2.45) is 10.9 Å². The molecule has 0 aliphatic carbocycles. The van der Waals surface area contributed by atoms with Crippen molar-refractivity contribution in [3.63, 3.8) is 0 Å². The molecule has 1 aliphatic rings. The van der Waals surface area contributed by atoms with E-state index < -0.39 is 0 Å². The molecule has 1 amide bonds. The fourth-order valence-corrected chi connectivity index (χ4v) is 3.69. The van der Waals surface area contributed by atoms with Gasteiger partial charge in [-0.2, -0.15) is 0 Å². The number of imidazole rings is 1. The van der Waals surface area contributed by atoms with Crippen molar-refractivity contribution in [2.45, 2.75) is 39.8 Å². The molecule has 1 atom stereocenters. The molecule has 2 N–H and O–H groups in total. The van der Waals surface area contributed by atoms with Gasteiger partial charge in [-0.05, 0) is 13.3 Å². The Morgan fingerprint density at radius 2 is 2.36 bits per heavy atom. The summed E-state index contributed by atoms with van der Waals surface area (Å²) >= 11 is 1.62. The van der Waals surface area contributed by atoms with Crippen molar-refractivity contribution in [3.05, 3.63) is 23.5 Å². The molecule has 1 saturated heterocycles. The number of thiazole rings is 1. The van der Waals surface area contributed by atoms with Crippen LogP contribution in [0.4, 0.5) is 0 Å². The molecule has 0 saturated carbocycles. The van der Waals surface area contributed by atoms with E-state index in [-0.39, 0.29) is 17.9 Å². The van der Waals surface area contributed by atoms with Gasteiger partial charge in [0.2, 0.25) is 5.91 Å². The second-order valence-corrected chi connectivity index (χ2v) is 7.46. The zero-order valence-corrected chi connectivity index (χ0v) is 15.8. The van der Waals surface area contributed by atoms with Crippen LogP contribution in [0.2, 0.25) is 0 Å². The predicted octanol–water partition coefficient (Wildman–Crippen LogP) is 1.71. The number of nitrogens with zero attached hydrogens (tertiary/aromatic N) is 4. The van der Waals surface area contributed by atoms with E-state index in [1.165, 1.54) is 0 Å². The third kappa shape index (κ3) is 4.31. The molecule has 8 heteroatoms. The lowest BCUT2D eigenvalue weighted by atomic mass is 10.2. The zero-order valence-electron chi connectivity index (χ0n) is 15.0. The van der Waals surface area contributed by atoms with Crippen molar-refractivity contribution in [2.75, 3.05) is 19.6 Å². The molecule has 0 bridgehead atoms. The van der Waals surface area contributed by atoms with E-state index in [0.717, 1.165) is 42.7 Å². The molecule has 1 aliphatic heterocycles. The number of carbonyl (C=O) groups excluding carboxylic acids is 1. The Hall–Kier alpha value is -2.09. The summed E-state index contributed by atoms with van der Waals surface area (Å²) in [5.41, 5.74) is 0.951. The summed E-state index contributed by atoms with van der Waals surface area (Å²) in [6, 6.07) is 0.242. The molecule has 2 aromatic heterocycles. The van der Waals surface area contributed by atoms with Crippen molar-refractivity contribution in [1.82, 2.24) is 24.9 Å². The van der Waals surface area contributed by atoms with Gasteiger partial charge in [0.1, 0.15) is 0 Å². The first-order valence-electron chi connectivity index (χ1n) is 8.81. The molecular formula is C17H26N6OS. The molecular weight excluding hydrogens is 336 g/mol. The maximum atomic E-state index is 12.1. The smallest absolute Gasteiger partial charge is 0.225 e. The number of hydrogen-bond acceptors (Lipinski definition) is 4. The summed E-state index contributed by atoms with van der Waals surface area (Å²) in [4.78, 5) is 24.2. The minimum Gasteiger partial charge on any atom is -0.357 e. The molecule has 0 aromatic carbocycles. The van der Waals surface area contributed by atoms with E-state index in [2.05, 4.69) is 20.6 Å². The lowest BCUT2D eigenvalue weighted by Gasteiger charge is -2.20. The summed E-state index contributed by atoms with van der Waals surface area (Å²) in [7, 11) is 0. The highest BCUT2D eigenvalue weighted by atomic mass is 32.1. The van der Waals surface area contributed by atoms with Crippen LogP contribution in [0.1, 0.15) is 32.9 Å². The van der Waals surface area contributed by atoms with Gasteiger partial charge in [0.15, 0.2) is 10.9 Å². The Labute approximate surface area is 152 Å². The van der Waals surface area contributed by atoms with Crippen molar-refractivity contribution < 1.29 is 4.79 Å². The fourth-order valence-electron chi connectivity index (χ4n) is 2.97.